The van der Waals surface area contributed by atoms with E-state index in [1.165, 1.54) is 0 Å². The van der Waals surface area contributed by atoms with Crippen LogP contribution < -0.4 is 24.7 Å². The summed E-state index contributed by atoms with van der Waals surface area (Å²) in [4.78, 5) is 0. The van der Waals surface area contributed by atoms with E-state index in [1.807, 2.05) is 42.5 Å². The normalized spacial score (nSPS) is 13.8. The Labute approximate surface area is 123 Å². The first-order valence-electron chi connectivity index (χ1n) is 6.70. The number of nitrogens with two attached hydrogens (primary N) is 1. The maximum atomic E-state index is 5.95. The maximum Gasteiger partial charge on any atom is 0.231 e. The minimum absolute atomic E-state index is 0.226. The van der Waals surface area contributed by atoms with Crippen LogP contribution in [0.25, 0.3) is 0 Å². The summed E-state index contributed by atoms with van der Waals surface area (Å²) in [7, 11) is 1.64. The van der Waals surface area contributed by atoms with Crippen molar-refractivity contribution in [1.82, 2.24) is 0 Å². The minimum atomic E-state index is -0.226. The average Bonchev–Trinajstić information content (AvgIpc) is 3.00. The Kier molecular flexibility index (Phi) is 3.83. The average molecular weight is 287 g/mol. The lowest BCUT2D eigenvalue weighted by Gasteiger charge is -2.18. The Morgan fingerprint density at radius 1 is 1.05 bits per heavy atom. The SMILES string of the molecule is COc1ccc(C(CN)Oc2ccc3c(c2)OCO3)cc1. The van der Waals surface area contributed by atoms with Crippen LogP contribution in [0.15, 0.2) is 42.5 Å². The molecule has 1 unspecified atom stereocenters. The molecule has 0 aliphatic carbocycles. The van der Waals surface area contributed by atoms with Gasteiger partial charge in [-0.25, -0.2) is 0 Å². The van der Waals surface area contributed by atoms with E-state index in [9.17, 15) is 0 Å². The van der Waals surface area contributed by atoms with Crippen LogP contribution in [0.1, 0.15) is 11.7 Å². The van der Waals surface area contributed by atoms with Gasteiger partial charge in [0.15, 0.2) is 11.5 Å². The van der Waals surface area contributed by atoms with Crippen molar-refractivity contribution in [1.29, 1.82) is 0 Å². The van der Waals surface area contributed by atoms with Crippen molar-refractivity contribution in [3.8, 4) is 23.0 Å². The van der Waals surface area contributed by atoms with Gasteiger partial charge in [-0.15, -0.1) is 0 Å². The molecular weight excluding hydrogens is 270 g/mol. The fourth-order valence-electron chi connectivity index (χ4n) is 2.19. The van der Waals surface area contributed by atoms with Crippen molar-refractivity contribution in [3.63, 3.8) is 0 Å². The summed E-state index contributed by atoms with van der Waals surface area (Å²) in [5.41, 5.74) is 6.82. The fraction of sp³-hybridized carbons (Fsp3) is 0.250. The first-order valence-corrected chi connectivity index (χ1v) is 6.70. The largest absolute Gasteiger partial charge is 0.497 e. The molecule has 2 N–H and O–H groups in total. The molecule has 0 fully saturated rings. The first-order chi connectivity index (χ1) is 10.3. The highest BCUT2D eigenvalue weighted by Gasteiger charge is 2.16. The van der Waals surface area contributed by atoms with Crippen LogP contribution in [-0.4, -0.2) is 20.4 Å². The standard InChI is InChI=1S/C16H17NO4/c1-18-12-4-2-11(3-5-12)16(9-17)21-13-6-7-14-15(8-13)20-10-19-14/h2-8,16H,9-10,17H2,1H3. The monoisotopic (exact) mass is 287 g/mol. The molecule has 0 aromatic heterocycles. The van der Waals surface area contributed by atoms with Crippen molar-refractivity contribution in [2.75, 3.05) is 20.4 Å². The van der Waals surface area contributed by atoms with Gasteiger partial charge >= 0.3 is 0 Å². The second kappa shape index (κ2) is 5.93. The topological polar surface area (TPSA) is 62.9 Å². The van der Waals surface area contributed by atoms with E-state index in [0.29, 0.717) is 18.0 Å². The lowest BCUT2D eigenvalue weighted by molar-refractivity contribution is 0.173. The highest BCUT2D eigenvalue weighted by atomic mass is 16.7. The maximum absolute atomic E-state index is 5.95. The molecular formula is C16H17NO4. The van der Waals surface area contributed by atoms with Crippen molar-refractivity contribution in [2.24, 2.45) is 5.73 Å². The van der Waals surface area contributed by atoms with Crippen LogP contribution in [-0.2, 0) is 0 Å². The number of hydrogen-bond donors (Lipinski definition) is 1. The third-order valence-electron chi connectivity index (χ3n) is 3.32. The molecule has 0 saturated carbocycles. The number of ether oxygens (including phenoxy) is 4. The summed E-state index contributed by atoms with van der Waals surface area (Å²) < 4.78 is 21.7. The number of rotatable bonds is 5. The molecule has 1 heterocycles. The van der Waals surface area contributed by atoms with Gasteiger partial charge in [-0.1, -0.05) is 12.1 Å². The van der Waals surface area contributed by atoms with Gasteiger partial charge in [-0.2, -0.15) is 0 Å². The van der Waals surface area contributed by atoms with Gasteiger partial charge < -0.3 is 24.7 Å². The molecule has 1 aliphatic rings. The molecule has 5 heteroatoms. The molecule has 5 nitrogen and oxygen atoms in total. The third kappa shape index (κ3) is 2.87. The molecule has 2 aromatic carbocycles. The van der Waals surface area contributed by atoms with E-state index < -0.39 is 0 Å². The Morgan fingerprint density at radius 2 is 1.76 bits per heavy atom. The van der Waals surface area contributed by atoms with E-state index in [1.54, 1.807) is 7.11 Å². The molecule has 3 rings (SSSR count). The highest BCUT2D eigenvalue weighted by Crippen LogP contribution is 2.36. The van der Waals surface area contributed by atoms with Crippen LogP contribution in [0.3, 0.4) is 0 Å². The van der Waals surface area contributed by atoms with Gasteiger partial charge in [0.05, 0.1) is 7.11 Å². The summed E-state index contributed by atoms with van der Waals surface area (Å²) in [6.07, 6.45) is -0.226. The number of methoxy groups -OCH3 is 1. The zero-order chi connectivity index (χ0) is 14.7. The van der Waals surface area contributed by atoms with Gasteiger partial charge in [0.25, 0.3) is 0 Å². The predicted octanol–water partition coefficient (Wildman–Crippen LogP) is 2.50. The van der Waals surface area contributed by atoms with E-state index >= 15 is 0 Å². The summed E-state index contributed by atoms with van der Waals surface area (Å²) in [5.74, 6) is 2.93. The van der Waals surface area contributed by atoms with Crippen molar-refractivity contribution in [2.45, 2.75) is 6.10 Å². The lowest BCUT2D eigenvalue weighted by Crippen LogP contribution is -2.18. The number of hydrogen-bond acceptors (Lipinski definition) is 5. The highest BCUT2D eigenvalue weighted by molar-refractivity contribution is 5.47. The predicted molar refractivity (Wildman–Crippen MR) is 78.0 cm³/mol. The number of fused-ring (bicyclic) bond motifs is 1. The molecule has 110 valence electrons. The Morgan fingerprint density at radius 3 is 2.48 bits per heavy atom. The molecule has 2 aromatic rings. The van der Waals surface area contributed by atoms with E-state index in [0.717, 1.165) is 17.1 Å². The zero-order valence-electron chi connectivity index (χ0n) is 11.7. The summed E-state index contributed by atoms with van der Waals surface area (Å²) >= 11 is 0. The molecule has 21 heavy (non-hydrogen) atoms. The second-order valence-corrected chi connectivity index (χ2v) is 4.63. The second-order valence-electron chi connectivity index (χ2n) is 4.63. The summed E-state index contributed by atoms with van der Waals surface area (Å²) in [6, 6.07) is 13.2. The third-order valence-corrected chi connectivity index (χ3v) is 3.32. The van der Waals surface area contributed by atoms with Crippen molar-refractivity contribution >= 4 is 0 Å². The molecule has 0 bridgehead atoms. The summed E-state index contributed by atoms with van der Waals surface area (Å²) in [5, 5.41) is 0. The molecule has 1 atom stereocenters. The van der Waals surface area contributed by atoms with E-state index in [4.69, 9.17) is 24.7 Å². The van der Waals surface area contributed by atoms with E-state index in [-0.39, 0.29) is 12.9 Å². The minimum Gasteiger partial charge on any atom is -0.497 e. The Bertz CT molecular complexity index is 612. The van der Waals surface area contributed by atoms with Crippen LogP contribution in [0.5, 0.6) is 23.0 Å². The van der Waals surface area contributed by atoms with Gasteiger partial charge in [0.2, 0.25) is 6.79 Å². The smallest absolute Gasteiger partial charge is 0.231 e. The van der Waals surface area contributed by atoms with Crippen LogP contribution in [0.4, 0.5) is 0 Å². The lowest BCUT2D eigenvalue weighted by atomic mass is 10.1. The molecule has 0 saturated heterocycles. The molecule has 1 aliphatic heterocycles. The Balaban J connectivity index is 1.77. The van der Waals surface area contributed by atoms with Gasteiger partial charge in [-0.3, -0.25) is 0 Å². The summed E-state index contributed by atoms with van der Waals surface area (Å²) in [6.45, 7) is 0.623. The molecule has 0 radical (unpaired) electrons. The molecule has 0 amide bonds. The van der Waals surface area contributed by atoms with Gasteiger partial charge in [0.1, 0.15) is 17.6 Å². The Hall–Kier alpha value is -2.40. The van der Waals surface area contributed by atoms with Crippen LogP contribution in [0.2, 0.25) is 0 Å². The van der Waals surface area contributed by atoms with Gasteiger partial charge in [0, 0.05) is 12.6 Å². The molecule has 0 spiro atoms. The van der Waals surface area contributed by atoms with Crippen LogP contribution in [0, 0.1) is 0 Å². The van der Waals surface area contributed by atoms with Gasteiger partial charge in [-0.05, 0) is 29.8 Å². The fourth-order valence-corrected chi connectivity index (χ4v) is 2.19. The van der Waals surface area contributed by atoms with E-state index in [2.05, 4.69) is 0 Å². The van der Waals surface area contributed by atoms with Crippen molar-refractivity contribution < 1.29 is 18.9 Å². The van der Waals surface area contributed by atoms with Crippen molar-refractivity contribution in [3.05, 3.63) is 48.0 Å². The quantitative estimate of drug-likeness (QED) is 0.915. The van der Waals surface area contributed by atoms with Crippen LogP contribution >= 0.6 is 0 Å². The number of benzene rings is 2. The zero-order valence-corrected chi connectivity index (χ0v) is 11.7. The first kappa shape index (κ1) is 13.6.